The van der Waals surface area contributed by atoms with Gasteiger partial charge in [0.1, 0.15) is 6.26 Å². The lowest BCUT2D eigenvalue weighted by Gasteiger charge is -2.19. The summed E-state index contributed by atoms with van der Waals surface area (Å²) in [7, 11) is 0. The minimum Gasteiger partial charge on any atom is -0.481 e. The molecule has 2 aromatic rings. The van der Waals surface area contributed by atoms with Crippen molar-refractivity contribution >= 4 is 11.9 Å². The van der Waals surface area contributed by atoms with Crippen LogP contribution in [0.2, 0.25) is 0 Å². The van der Waals surface area contributed by atoms with Crippen LogP contribution in [0.4, 0.5) is 0 Å². The quantitative estimate of drug-likeness (QED) is 0.846. The normalized spacial score (nSPS) is 11.9. The molecule has 1 heterocycles. The van der Waals surface area contributed by atoms with Gasteiger partial charge in [0.05, 0.1) is 24.6 Å². The topological polar surface area (TPSA) is 92.4 Å². The van der Waals surface area contributed by atoms with Gasteiger partial charge in [-0.15, -0.1) is 0 Å². The van der Waals surface area contributed by atoms with Gasteiger partial charge in [-0.2, -0.15) is 0 Å². The van der Waals surface area contributed by atoms with Gasteiger partial charge in [0.2, 0.25) is 5.91 Å². The van der Waals surface area contributed by atoms with E-state index < -0.39 is 12.0 Å². The first-order chi connectivity index (χ1) is 10.1. The van der Waals surface area contributed by atoms with Crippen LogP contribution in [-0.2, 0) is 16.0 Å². The van der Waals surface area contributed by atoms with Gasteiger partial charge in [-0.25, -0.2) is 0 Å². The third-order valence-corrected chi connectivity index (χ3v) is 3.11. The van der Waals surface area contributed by atoms with E-state index in [2.05, 4.69) is 15.0 Å². The summed E-state index contributed by atoms with van der Waals surface area (Å²) in [6, 6.07) is 8.42. The fourth-order valence-electron chi connectivity index (χ4n) is 2.13. The number of aryl methyl sites for hydroxylation is 1. The maximum absolute atomic E-state index is 12.0. The molecule has 0 bridgehead atoms. The lowest BCUT2D eigenvalue weighted by atomic mass is 9.98. The lowest BCUT2D eigenvalue weighted by molar-refractivity contribution is -0.137. The predicted octanol–water partition coefficient (Wildman–Crippen LogP) is 1.86. The monoisotopic (exact) mass is 288 g/mol. The zero-order valence-corrected chi connectivity index (χ0v) is 11.6. The maximum atomic E-state index is 12.0. The number of carboxylic acids is 1. The van der Waals surface area contributed by atoms with Crippen molar-refractivity contribution < 1.29 is 19.2 Å². The van der Waals surface area contributed by atoms with Crippen LogP contribution < -0.4 is 5.32 Å². The van der Waals surface area contributed by atoms with E-state index in [1.807, 2.05) is 31.2 Å². The number of aromatic nitrogens is 1. The average Bonchev–Trinajstić information content (AvgIpc) is 2.90. The largest absolute Gasteiger partial charge is 0.481 e. The van der Waals surface area contributed by atoms with Crippen LogP contribution in [0, 0.1) is 6.92 Å². The Morgan fingerprint density at radius 2 is 2.10 bits per heavy atom. The standard InChI is InChI=1S/C15H16N2O4/c1-10-4-2-3-5-12(10)13(9-15(19)20)16-14(18)8-11-6-7-21-17-11/h2-7,13H,8-9H2,1H3,(H,16,18)(H,19,20). The molecule has 0 aliphatic rings. The van der Waals surface area contributed by atoms with Gasteiger partial charge in [-0.05, 0) is 18.1 Å². The summed E-state index contributed by atoms with van der Waals surface area (Å²) in [6.07, 6.45) is 1.27. The zero-order chi connectivity index (χ0) is 15.2. The molecule has 0 saturated heterocycles. The molecule has 0 saturated carbocycles. The van der Waals surface area contributed by atoms with E-state index >= 15 is 0 Å². The highest BCUT2D eigenvalue weighted by Crippen LogP contribution is 2.20. The summed E-state index contributed by atoms with van der Waals surface area (Å²) in [6.45, 7) is 1.88. The number of aliphatic carboxylic acids is 1. The molecule has 1 aromatic heterocycles. The number of carboxylic acid groups (broad SMARTS) is 1. The van der Waals surface area contributed by atoms with Crippen LogP contribution >= 0.6 is 0 Å². The predicted molar refractivity (Wildman–Crippen MR) is 74.5 cm³/mol. The van der Waals surface area contributed by atoms with E-state index in [0.717, 1.165) is 11.1 Å². The minimum atomic E-state index is -0.968. The van der Waals surface area contributed by atoms with E-state index in [0.29, 0.717) is 5.69 Å². The highest BCUT2D eigenvalue weighted by Gasteiger charge is 2.20. The van der Waals surface area contributed by atoms with Crippen LogP contribution in [0.3, 0.4) is 0 Å². The van der Waals surface area contributed by atoms with Crippen molar-refractivity contribution in [1.82, 2.24) is 10.5 Å². The molecule has 1 atom stereocenters. The zero-order valence-electron chi connectivity index (χ0n) is 11.6. The molecule has 2 rings (SSSR count). The molecule has 21 heavy (non-hydrogen) atoms. The number of nitrogens with one attached hydrogen (secondary N) is 1. The van der Waals surface area contributed by atoms with Crippen molar-refractivity contribution in [1.29, 1.82) is 0 Å². The fourth-order valence-corrected chi connectivity index (χ4v) is 2.13. The molecule has 1 amide bonds. The second kappa shape index (κ2) is 6.69. The number of hydrogen-bond donors (Lipinski definition) is 2. The third-order valence-electron chi connectivity index (χ3n) is 3.11. The van der Waals surface area contributed by atoms with Crippen LogP contribution in [0.1, 0.15) is 29.3 Å². The van der Waals surface area contributed by atoms with E-state index in [-0.39, 0.29) is 18.7 Å². The second-order valence-corrected chi connectivity index (χ2v) is 4.74. The van der Waals surface area contributed by atoms with Gasteiger partial charge in [0, 0.05) is 6.07 Å². The van der Waals surface area contributed by atoms with Crippen molar-refractivity contribution in [3.05, 3.63) is 53.4 Å². The number of carbonyl (C=O) groups is 2. The van der Waals surface area contributed by atoms with Gasteiger partial charge in [0.25, 0.3) is 0 Å². The van der Waals surface area contributed by atoms with Crippen LogP contribution in [0.5, 0.6) is 0 Å². The number of nitrogens with zero attached hydrogens (tertiary/aromatic N) is 1. The van der Waals surface area contributed by atoms with Crippen LogP contribution in [0.15, 0.2) is 41.1 Å². The smallest absolute Gasteiger partial charge is 0.305 e. The van der Waals surface area contributed by atoms with Crippen molar-refractivity contribution in [3.63, 3.8) is 0 Å². The van der Waals surface area contributed by atoms with E-state index in [1.54, 1.807) is 6.07 Å². The Morgan fingerprint density at radius 3 is 2.71 bits per heavy atom. The van der Waals surface area contributed by atoms with Gasteiger partial charge in [-0.1, -0.05) is 29.4 Å². The molecule has 0 radical (unpaired) electrons. The Balaban J connectivity index is 2.11. The number of benzene rings is 1. The summed E-state index contributed by atoms with van der Waals surface area (Å²) < 4.78 is 4.66. The molecule has 6 nitrogen and oxygen atoms in total. The molecule has 2 N–H and O–H groups in total. The first kappa shape index (κ1) is 14.8. The molecule has 1 aromatic carbocycles. The first-order valence-corrected chi connectivity index (χ1v) is 6.52. The Bertz CT molecular complexity index is 622. The summed E-state index contributed by atoms with van der Waals surface area (Å²) in [5.41, 5.74) is 2.24. The highest BCUT2D eigenvalue weighted by atomic mass is 16.5. The van der Waals surface area contributed by atoms with Gasteiger partial charge >= 0.3 is 5.97 Å². The minimum absolute atomic E-state index is 0.0541. The second-order valence-electron chi connectivity index (χ2n) is 4.74. The SMILES string of the molecule is Cc1ccccc1C(CC(=O)O)NC(=O)Cc1ccon1. The number of amides is 1. The van der Waals surface area contributed by atoms with E-state index in [4.69, 9.17) is 5.11 Å². The molecule has 110 valence electrons. The van der Waals surface area contributed by atoms with Crippen molar-refractivity contribution in [3.8, 4) is 0 Å². The third kappa shape index (κ3) is 4.17. The number of hydrogen-bond acceptors (Lipinski definition) is 4. The molecular weight excluding hydrogens is 272 g/mol. The Kier molecular flexibility index (Phi) is 4.71. The maximum Gasteiger partial charge on any atom is 0.305 e. The molecule has 6 heteroatoms. The Hall–Kier alpha value is -2.63. The molecule has 0 spiro atoms. The molecule has 0 aliphatic heterocycles. The number of rotatable bonds is 6. The molecular formula is C15H16N2O4. The van der Waals surface area contributed by atoms with Crippen LogP contribution in [0.25, 0.3) is 0 Å². The van der Waals surface area contributed by atoms with Crippen molar-refractivity contribution in [2.45, 2.75) is 25.8 Å². The molecule has 0 aliphatic carbocycles. The molecule has 0 fully saturated rings. The van der Waals surface area contributed by atoms with Gasteiger partial charge in [0.15, 0.2) is 0 Å². The summed E-state index contributed by atoms with van der Waals surface area (Å²) in [5, 5.41) is 15.4. The Morgan fingerprint density at radius 1 is 1.33 bits per heavy atom. The van der Waals surface area contributed by atoms with E-state index in [9.17, 15) is 9.59 Å². The van der Waals surface area contributed by atoms with Crippen molar-refractivity contribution in [2.75, 3.05) is 0 Å². The van der Waals surface area contributed by atoms with E-state index in [1.165, 1.54) is 6.26 Å². The lowest BCUT2D eigenvalue weighted by Crippen LogP contribution is -2.31. The van der Waals surface area contributed by atoms with Crippen molar-refractivity contribution in [2.24, 2.45) is 0 Å². The summed E-state index contributed by atoms with van der Waals surface area (Å²) in [4.78, 5) is 23.0. The van der Waals surface area contributed by atoms with Gasteiger partial charge in [-0.3, -0.25) is 9.59 Å². The fraction of sp³-hybridized carbons (Fsp3) is 0.267. The summed E-state index contributed by atoms with van der Waals surface area (Å²) >= 11 is 0. The van der Waals surface area contributed by atoms with Crippen LogP contribution in [-0.4, -0.2) is 22.1 Å². The Labute approximate surface area is 121 Å². The highest BCUT2D eigenvalue weighted by molar-refractivity contribution is 5.79. The van der Waals surface area contributed by atoms with Gasteiger partial charge < -0.3 is 14.9 Å². The first-order valence-electron chi connectivity index (χ1n) is 6.52. The molecule has 1 unspecified atom stereocenters. The summed E-state index contributed by atoms with van der Waals surface area (Å²) in [5.74, 6) is -1.26. The average molecular weight is 288 g/mol. The number of carbonyl (C=O) groups excluding carboxylic acids is 1.